The molecule has 4 rings (SSSR count). The molecule has 2 heterocycles. The number of thiazole rings is 1. The van der Waals surface area contributed by atoms with Gasteiger partial charge in [-0.1, -0.05) is 23.5 Å². The predicted octanol–water partition coefficient (Wildman–Crippen LogP) is 4.38. The summed E-state index contributed by atoms with van der Waals surface area (Å²) in [4.78, 5) is 19.7. The Hall–Kier alpha value is -3.37. The Kier molecular flexibility index (Phi) is 4.73. The Morgan fingerprint density at radius 3 is 2.62 bits per heavy atom. The van der Waals surface area contributed by atoms with Crippen LogP contribution in [0, 0.1) is 17.0 Å². The van der Waals surface area contributed by atoms with Crippen LogP contribution in [0.2, 0.25) is 0 Å². The molecule has 0 amide bonds. The van der Waals surface area contributed by atoms with Gasteiger partial charge in [0.2, 0.25) is 0 Å². The molecule has 0 fully saturated rings. The maximum atomic E-state index is 12.7. The monoisotopic (exact) mass is 426 g/mol. The van der Waals surface area contributed by atoms with Crippen LogP contribution in [-0.4, -0.2) is 23.3 Å². The molecule has 0 saturated carbocycles. The maximum absolute atomic E-state index is 12.7. The van der Waals surface area contributed by atoms with Crippen LogP contribution < -0.4 is 4.72 Å². The normalized spacial score (nSPS) is 11.5. The SMILES string of the molecule is Cc1cc(-c2nc3cccnc3s2)ccc1NS(=O)(=O)c1ccccc1[N+](=O)[O-]. The largest absolute Gasteiger partial charge is 0.289 e. The number of hydrogen-bond acceptors (Lipinski definition) is 7. The number of anilines is 1. The van der Waals surface area contributed by atoms with E-state index in [0.717, 1.165) is 27.0 Å². The lowest BCUT2D eigenvalue weighted by molar-refractivity contribution is -0.387. The molecule has 1 N–H and O–H groups in total. The van der Waals surface area contributed by atoms with Gasteiger partial charge in [-0.15, -0.1) is 0 Å². The number of fused-ring (bicyclic) bond motifs is 1. The summed E-state index contributed by atoms with van der Waals surface area (Å²) in [5.74, 6) is 0. The zero-order valence-electron chi connectivity index (χ0n) is 15.1. The molecule has 10 heteroatoms. The molecule has 0 aliphatic rings. The van der Waals surface area contributed by atoms with Crippen LogP contribution in [0.1, 0.15) is 5.56 Å². The number of nitro groups is 1. The number of para-hydroxylation sites is 1. The summed E-state index contributed by atoms with van der Waals surface area (Å²) in [6.07, 6.45) is 1.70. The smallest absolute Gasteiger partial charge is 0.279 e. The van der Waals surface area contributed by atoms with Crippen LogP contribution in [0.5, 0.6) is 0 Å². The minimum absolute atomic E-state index is 0.339. The maximum Gasteiger partial charge on any atom is 0.289 e. The first kappa shape index (κ1) is 19.0. The van der Waals surface area contributed by atoms with Gasteiger partial charge in [-0.3, -0.25) is 14.8 Å². The Morgan fingerprint density at radius 2 is 1.90 bits per heavy atom. The van der Waals surface area contributed by atoms with Crippen LogP contribution >= 0.6 is 11.3 Å². The second-order valence-corrected chi connectivity index (χ2v) is 8.84. The number of aromatic nitrogens is 2. The lowest BCUT2D eigenvalue weighted by Crippen LogP contribution is -2.15. The van der Waals surface area contributed by atoms with Crippen molar-refractivity contribution in [3.8, 4) is 10.6 Å². The zero-order chi connectivity index (χ0) is 20.6. The molecular formula is C19H14N4O4S2. The van der Waals surface area contributed by atoms with Crippen molar-refractivity contribution in [1.82, 2.24) is 9.97 Å². The third kappa shape index (κ3) is 3.67. The summed E-state index contributed by atoms with van der Waals surface area (Å²) in [6.45, 7) is 1.76. The number of hydrogen-bond donors (Lipinski definition) is 1. The number of sulfonamides is 1. The van der Waals surface area contributed by atoms with Crippen molar-refractivity contribution in [1.29, 1.82) is 0 Å². The van der Waals surface area contributed by atoms with E-state index >= 15 is 0 Å². The minimum Gasteiger partial charge on any atom is -0.279 e. The molecule has 0 saturated heterocycles. The topological polar surface area (TPSA) is 115 Å². The van der Waals surface area contributed by atoms with E-state index < -0.39 is 20.6 Å². The Labute approximate surface area is 170 Å². The van der Waals surface area contributed by atoms with Gasteiger partial charge >= 0.3 is 0 Å². The number of rotatable bonds is 5. The Morgan fingerprint density at radius 1 is 1.10 bits per heavy atom. The molecule has 146 valence electrons. The third-order valence-electron chi connectivity index (χ3n) is 4.24. The molecule has 8 nitrogen and oxygen atoms in total. The minimum atomic E-state index is -4.12. The van der Waals surface area contributed by atoms with Crippen molar-refractivity contribution in [2.45, 2.75) is 11.8 Å². The number of benzene rings is 2. The number of nitrogens with one attached hydrogen (secondary N) is 1. The van der Waals surface area contributed by atoms with Crippen LogP contribution in [0.15, 0.2) is 65.7 Å². The van der Waals surface area contributed by atoms with Crippen molar-refractivity contribution >= 4 is 43.1 Å². The highest BCUT2D eigenvalue weighted by Gasteiger charge is 2.25. The lowest BCUT2D eigenvalue weighted by Gasteiger charge is -2.11. The summed E-state index contributed by atoms with van der Waals surface area (Å²) >= 11 is 1.44. The molecule has 0 bridgehead atoms. The van der Waals surface area contributed by atoms with Crippen molar-refractivity contribution in [2.75, 3.05) is 4.72 Å². The van der Waals surface area contributed by atoms with Crippen LogP contribution in [0.25, 0.3) is 20.9 Å². The van der Waals surface area contributed by atoms with E-state index in [-0.39, 0.29) is 4.90 Å². The molecule has 0 atom stereocenters. The highest BCUT2D eigenvalue weighted by atomic mass is 32.2. The number of nitrogens with zero attached hydrogens (tertiary/aromatic N) is 3. The number of nitro benzene ring substituents is 1. The third-order valence-corrected chi connectivity index (χ3v) is 6.68. The van der Waals surface area contributed by atoms with Crippen molar-refractivity contribution in [3.05, 3.63) is 76.5 Å². The second-order valence-electron chi connectivity index (χ2n) is 6.21. The highest BCUT2D eigenvalue weighted by molar-refractivity contribution is 7.92. The first-order valence-electron chi connectivity index (χ1n) is 8.44. The molecule has 0 aliphatic carbocycles. The van der Waals surface area contributed by atoms with Crippen LogP contribution in [0.3, 0.4) is 0 Å². The first-order chi connectivity index (χ1) is 13.8. The molecule has 0 spiro atoms. The molecule has 2 aromatic heterocycles. The van der Waals surface area contributed by atoms with Crippen molar-refractivity contribution in [2.24, 2.45) is 0 Å². The zero-order valence-corrected chi connectivity index (χ0v) is 16.7. The van der Waals surface area contributed by atoms with Crippen molar-refractivity contribution < 1.29 is 13.3 Å². The van der Waals surface area contributed by atoms with Gasteiger partial charge in [-0.2, -0.15) is 0 Å². The summed E-state index contributed by atoms with van der Waals surface area (Å²) in [7, 11) is -4.12. The summed E-state index contributed by atoms with van der Waals surface area (Å²) < 4.78 is 27.9. The van der Waals surface area contributed by atoms with Gasteiger partial charge < -0.3 is 0 Å². The molecular weight excluding hydrogens is 412 g/mol. The fourth-order valence-corrected chi connectivity index (χ4v) is 5.05. The molecule has 0 aliphatic heterocycles. The molecule has 0 radical (unpaired) electrons. The fraction of sp³-hybridized carbons (Fsp3) is 0.0526. The van der Waals surface area contributed by atoms with E-state index in [2.05, 4.69) is 14.7 Å². The molecule has 29 heavy (non-hydrogen) atoms. The number of pyridine rings is 1. The van der Waals surface area contributed by atoms with Crippen LogP contribution in [0.4, 0.5) is 11.4 Å². The summed E-state index contributed by atoms with van der Waals surface area (Å²) in [6, 6.07) is 14.1. The van der Waals surface area contributed by atoms with Gasteiger partial charge in [0.25, 0.3) is 15.7 Å². The average molecular weight is 426 g/mol. The van der Waals surface area contributed by atoms with Crippen molar-refractivity contribution in [3.63, 3.8) is 0 Å². The van der Waals surface area contributed by atoms with Gasteiger partial charge in [-0.25, -0.2) is 18.4 Å². The standard InChI is InChI=1S/C19H14N4O4S2/c1-12-11-13(18-21-15-5-4-10-20-19(15)28-18)8-9-14(12)22-29(26,27)17-7-3-2-6-16(17)23(24)25/h2-11,22H,1H3. The molecule has 2 aromatic carbocycles. The predicted molar refractivity (Wildman–Crippen MR) is 111 cm³/mol. The average Bonchev–Trinajstić information content (AvgIpc) is 3.13. The van der Waals surface area contributed by atoms with E-state index in [1.165, 1.54) is 29.5 Å². The van der Waals surface area contributed by atoms with E-state index in [0.29, 0.717) is 11.3 Å². The summed E-state index contributed by atoms with van der Waals surface area (Å²) in [5.41, 5.74) is 2.16. The van der Waals surface area contributed by atoms with E-state index in [1.54, 1.807) is 25.3 Å². The molecule has 4 aromatic rings. The Balaban J connectivity index is 1.67. The highest BCUT2D eigenvalue weighted by Crippen LogP contribution is 2.32. The van der Waals surface area contributed by atoms with Gasteiger partial charge in [0.05, 0.1) is 10.6 Å². The van der Waals surface area contributed by atoms with Crippen LogP contribution in [-0.2, 0) is 10.0 Å². The Bertz CT molecular complexity index is 1320. The van der Waals surface area contributed by atoms with E-state index in [9.17, 15) is 18.5 Å². The van der Waals surface area contributed by atoms with Gasteiger partial charge in [0, 0.05) is 17.8 Å². The number of aryl methyl sites for hydroxylation is 1. The van der Waals surface area contributed by atoms with Gasteiger partial charge in [-0.05, 0) is 48.9 Å². The van der Waals surface area contributed by atoms with Gasteiger partial charge in [0.15, 0.2) is 4.90 Å². The van der Waals surface area contributed by atoms with E-state index in [4.69, 9.17) is 0 Å². The molecule has 0 unspecified atom stereocenters. The second kappa shape index (κ2) is 7.22. The first-order valence-corrected chi connectivity index (χ1v) is 10.7. The summed E-state index contributed by atoms with van der Waals surface area (Å²) in [5, 5.41) is 11.9. The lowest BCUT2D eigenvalue weighted by atomic mass is 10.1. The van der Waals surface area contributed by atoms with E-state index in [1.807, 2.05) is 18.2 Å². The quantitative estimate of drug-likeness (QED) is 0.374. The fourth-order valence-electron chi connectivity index (χ4n) is 2.84. The van der Waals surface area contributed by atoms with Gasteiger partial charge in [0.1, 0.15) is 15.4 Å².